The minimum atomic E-state index is -0.715. The molecule has 0 fully saturated rings. The second-order valence-electron chi connectivity index (χ2n) is 7.12. The van der Waals surface area contributed by atoms with Crippen LogP contribution in [0.4, 0.5) is 0 Å². The summed E-state index contributed by atoms with van der Waals surface area (Å²) < 4.78 is 20.3. The molecule has 3 aromatic rings. The third-order valence-electron chi connectivity index (χ3n) is 5.18. The van der Waals surface area contributed by atoms with Gasteiger partial charge in [-0.1, -0.05) is 18.2 Å². The Labute approximate surface area is 188 Å². The Balaban J connectivity index is 1.52. The molecule has 9 heteroatoms. The van der Waals surface area contributed by atoms with Crippen LogP contribution in [-0.4, -0.2) is 42.9 Å². The number of esters is 2. The molecule has 0 N–H and O–H groups in total. The molecule has 9 nitrogen and oxygen atoms in total. The van der Waals surface area contributed by atoms with Gasteiger partial charge >= 0.3 is 11.9 Å². The molecule has 4 rings (SSSR count). The molecular weight excluding hydrogens is 430 g/mol. The fraction of sp³-hybridized carbons (Fsp3) is 0.167. The highest BCUT2D eigenvalue weighted by Gasteiger charge is 2.35. The molecule has 0 saturated heterocycles. The first kappa shape index (κ1) is 21.8. The highest BCUT2D eigenvalue weighted by atomic mass is 16.5. The van der Waals surface area contributed by atoms with Crippen LogP contribution in [0.5, 0.6) is 5.75 Å². The van der Waals surface area contributed by atoms with Crippen molar-refractivity contribution < 1.29 is 37.8 Å². The topological polar surface area (TPSA) is 112 Å². The number of fused-ring (bicyclic) bond motifs is 1. The highest BCUT2D eigenvalue weighted by Crippen LogP contribution is 2.27. The molecule has 0 atom stereocenters. The van der Waals surface area contributed by atoms with Gasteiger partial charge in [-0.3, -0.25) is 14.5 Å². The summed E-state index contributed by atoms with van der Waals surface area (Å²) in [4.78, 5) is 50.9. The minimum Gasteiger partial charge on any atom is -0.496 e. The van der Waals surface area contributed by atoms with E-state index in [1.807, 2.05) is 0 Å². The maximum atomic E-state index is 12.8. The first-order valence-electron chi connectivity index (χ1n) is 9.88. The van der Waals surface area contributed by atoms with E-state index >= 15 is 0 Å². The first-order valence-corrected chi connectivity index (χ1v) is 9.88. The molecule has 0 spiro atoms. The van der Waals surface area contributed by atoms with Crippen molar-refractivity contribution in [3.63, 3.8) is 0 Å². The van der Waals surface area contributed by atoms with E-state index in [4.69, 9.17) is 13.9 Å². The summed E-state index contributed by atoms with van der Waals surface area (Å²) in [7, 11) is 2.62. The Morgan fingerprint density at radius 2 is 1.64 bits per heavy atom. The second kappa shape index (κ2) is 8.99. The number of carbonyl (C=O) groups excluding carboxylic acids is 4. The average molecular weight is 449 g/mol. The van der Waals surface area contributed by atoms with Crippen LogP contribution >= 0.6 is 0 Å². The van der Waals surface area contributed by atoms with Crippen LogP contribution in [0.15, 0.2) is 59.2 Å². The number of imide groups is 1. The Morgan fingerprint density at radius 1 is 0.939 bits per heavy atom. The minimum absolute atomic E-state index is 0.0230. The molecule has 168 valence electrons. The van der Waals surface area contributed by atoms with Crippen molar-refractivity contribution in [1.82, 2.24) is 4.90 Å². The van der Waals surface area contributed by atoms with Crippen molar-refractivity contribution in [3.8, 4) is 5.75 Å². The van der Waals surface area contributed by atoms with Gasteiger partial charge in [-0.05, 0) is 35.9 Å². The van der Waals surface area contributed by atoms with Crippen molar-refractivity contribution >= 4 is 23.8 Å². The smallest absolute Gasteiger partial charge is 0.374 e. The second-order valence-corrected chi connectivity index (χ2v) is 7.12. The molecule has 0 saturated carbocycles. The zero-order valence-electron chi connectivity index (χ0n) is 17.8. The third kappa shape index (κ3) is 4.08. The molecule has 2 aromatic carbocycles. The zero-order chi connectivity index (χ0) is 23.5. The van der Waals surface area contributed by atoms with Crippen molar-refractivity contribution in [2.45, 2.75) is 13.2 Å². The number of rotatable bonds is 7. The van der Waals surface area contributed by atoms with Crippen LogP contribution in [0.25, 0.3) is 0 Å². The van der Waals surface area contributed by atoms with Crippen LogP contribution in [0.2, 0.25) is 0 Å². The van der Waals surface area contributed by atoms with E-state index in [0.717, 1.165) is 4.90 Å². The van der Waals surface area contributed by atoms with Gasteiger partial charge in [0.2, 0.25) is 5.76 Å². The normalized spacial score (nSPS) is 12.5. The monoisotopic (exact) mass is 449 g/mol. The van der Waals surface area contributed by atoms with Gasteiger partial charge < -0.3 is 18.6 Å². The lowest BCUT2D eigenvalue weighted by atomic mass is 10.1. The average Bonchev–Trinajstić information content (AvgIpc) is 3.41. The standard InChI is InChI=1S/C24H19NO8/c1-30-19-8-7-14(12-25-21(26)16-5-3-4-6-17(16)22(25)27)11-18(19)23(28)33-13-15-9-10-32-20(15)24(29)31-2/h3-11H,12-13H2,1-2H3. The van der Waals surface area contributed by atoms with Crippen molar-refractivity contribution in [2.75, 3.05) is 14.2 Å². The Morgan fingerprint density at radius 3 is 2.27 bits per heavy atom. The Bertz CT molecular complexity index is 1220. The van der Waals surface area contributed by atoms with Gasteiger partial charge in [0.1, 0.15) is 17.9 Å². The number of ether oxygens (including phenoxy) is 3. The molecule has 0 unspecified atom stereocenters. The van der Waals surface area contributed by atoms with Crippen molar-refractivity contribution in [1.29, 1.82) is 0 Å². The molecule has 2 amide bonds. The number of furan rings is 1. The van der Waals surface area contributed by atoms with Gasteiger partial charge in [-0.25, -0.2) is 9.59 Å². The predicted molar refractivity (Wildman–Crippen MR) is 113 cm³/mol. The summed E-state index contributed by atoms with van der Waals surface area (Å²) in [5.74, 6) is -2.00. The molecular formula is C24H19NO8. The van der Waals surface area contributed by atoms with Crippen LogP contribution in [0.3, 0.4) is 0 Å². The zero-order valence-corrected chi connectivity index (χ0v) is 17.8. The molecule has 33 heavy (non-hydrogen) atoms. The fourth-order valence-electron chi connectivity index (χ4n) is 3.52. The maximum Gasteiger partial charge on any atom is 0.374 e. The SMILES string of the molecule is COC(=O)c1occc1COC(=O)c1cc(CN2C(=O)c3ccccc3C2=O)ccc1OC. The lowest BCUT2D eigenvalue weighted by molar-refractivity contribution is 0.0450. The Hall–Kier alpha value is -4.40. The Kier molecular flexibility index (Phi) is 5.95. The quantitative estimate of drug-likeness (QED) is 0.399. The highest BCUT2D eigenvalue weighted by molar-refractivity contribution is 6.21. The van der Waals surface area contributed by atoms with E-state index < -0.39 is 23.8 Å². The van der Waals surface area contributed by atoms with Gasteiger partial charge in [0.25, 0.3) is 11.8 Å². The molecule has 0 aliphatic carbocycles. The van der Waals surface area contributed by atoms with Crippen LogP contribution in [0.1, 0.15) is 52.8 Å². The van der Waals surface area contributed by atoms with Crippen molar-refractivity contribution in [2.24, 2.45) is 0 Å². The molecule has 1 aliphatic heterocycles. The van der Waals surface area contributed by atoms with Crippen LogP contribution in [0, 0.1) is 0 Å². The van der Waals surface area contributed by atoms with E-state index in [1.165, 1.54) is 32.6 Å². The summed E-state index contributed by atoms with van der Waals surface area (Å²) in [5, 5.41) is 0. The van der Waals surface area contributed by atoms with E-state index in [9.17, 15) is 19.2 Å². The summed E-state index contributed by atoms with van der Waals surface area (Å²) >= 11 is 0. The van der Waals surface area contributed by atoms with Gasteiger partial charge in [0, 0.05) is 5.56 Å². The lowest BCUT2D eigenvalue weighted by Gasteiger charge is -2.16. The van der Waals surface area contributed by atoms with Gasteiger partial charge in [0.15, 0.2) is 0 Å². The van der Waals surface area contributed by atoms with Crippen LogP contribution < -0.4 is 4.74 Å². The molecule has 0 bridgehead atoms. The molecule has 0 radical (unpaired) electrons. The van der Waals surface area contributed by atoms with Crippen molar-refractivity contribution in [3.05, 3.63) is 88.4 Å². The lowest BCUT2D eigenvalue weighted by Crippen LogP contribution is -2.29. The number of nitrogens with zero attached hydrogens (tertiary/aromatic N) is 1. The first-order chi connectivity index (χ1) is 15.9. The molecule has 1 aliphatic rings. The number of methoxy groups -OCH3 is 2. The number of carbonyl (C=O) groups is 4. The summed E-state index contributed by atoms with van der Waals surface area (Å²) in [6.45, 7) is -0.254. The predicted octanol–water partition coefficient (Wildman–Crippen LogP) is 3.23. The fourth-order valence-corrected chi connectivity index (χ4v) is 3.52. The van der Waals surface area contributed by atoms with E-state index in [2.05, 4.69) is 4.74 Å². The summed E-state index contributed by atoms with van der Waals surface area (Å²) in [5.41, 5.74) is 1.68. The number of hydrogen-bond donors (Lipinski definition) is 0. The third-order valence-corrected chi connectivity index (χ3v) is 5.18. The van der Waals surface area contributed by atoms with E-state index in [1.54, 1.807) is 36.4 Å². The maximum absolute atomic E-state index is 12.8. The number of hydrogen-bond acceptors (Lipinski definition) is 8. The van der Waals surface area contributed by atoms with Gasteiger partial charge in [-0.2, -0.15) is 0 Å². The van der Waals surface area contributed by atoms with E-state index in [0.29, 0.717) is 22.3 Å². The molecule has 1 aromatic heterocycles. The van der Waals surface area contributed by atoms with E-state index in [-0.39, 0.29) is 30.2 Å². The molecule has 2 heterocycles. The number of benzene rings is 2. The van der Waals surface area contributed by atoms with Gasteiger partial charge in [0.05, 0.1) is 38.2 Å². The number of amides is 2. The van der Waals surface area contributed by atoms with Crippen LogP contribution in [-0.2, 0) is 22.6 Å². The largest absolute Gasteiger partial charge is 0.496 e. The summed E-state index contributed by atoms with van der Waals surface area (Å²) in [6, 6.07) is 12.8. The van der Waals surface area contributed by atoms with Gasteiger partial charge in [-0.15, -0.1) is 0 Å². The summed E-state index contributed by atoms with van der Waals surface area (Å²) in [6.07, 6.45) is 1.29.